The Kier molecular flexibility index (Phi) is 6.87. The zero-order valence-electron chi connectivity index (χ0n) is 16.3. The van der Waals surface area contributed by atoms with Crippen molar-refractivity contribution in [2.45, 2.75) is 32.8 Å². The SMILES string of the molecule is Cc1cc(OCC2CN(C(=O)c3cc(F)c(Cl)nc3Cl)CCO2)nc(C(C)C)n1. The monoisotopic (exact) mass is 442 g/mol. The molecule has 1 aliphatic rings. The molecule has 0 saturated carbocycles. The second kappa shape index (κ2) is 9.19. The van der Waals surface area contributed by atoms with Gasteiger partial charge in [0, 0.05) is 24.2 Å². The minimum atomic E-state index is -0.798. The lowest BCUT2D eigenvalue weighted by Gasteiger charge is -2.33. The van der Waals surface area contributed by atoms with Crippen molar-refractivity contribution in [1.29, 1.82) is 0 Å². The van der Waals surface area contributed by atoms with Crippen molar-refractivity contribution in [2.75, 3.05) is 26.3 Å². The molecule has 29 heavy (non-hydrogen) atoms. The van der Waals surface area contributed by atoms with Gasteiger partial charge in [0.25, 0.3) is 5.91 Å². The van der Waals surface area contributed by atoms with Gasteiger partial charge in [0.1, 0.15) is 23.7 Å². The molecule has 10 heteroatoms. The highest BCUT2D eigenvalue weighted by atomic mass is 35.5. The molecule has 2 aromatic heterocycles. The van der Waals surface area contributed by atoms with Crippen LogP contribution in [0.2, 0.25) is 10.3 Å². The van der Waals surface area contributed by atoms with Crippen molar-refractivity contribution in [3.05, 3.63) is 45.3 Å². The summed E-state index contributed by atoms with van der Waals surface area (Å²) in [6, 6.07) is 2.75. The van der Waals surface area contributed by atoms with E-state index in [4.69, 9.17) is 32.7 Å². The lowest BCUT2D eigenvalue weighted by molar-refractivity contribution is -0.0407. The van der Waals surface area contributed by atoms with E-state index in [1.165, 1.54) is 4.90 Å². The third kappa shape index (κ3) is 5.32. The summed E-state index contributed by atoms with van der Waals surface area (Å²) in [7, 11) is 0. The highest BCUT2D eigenvalue weighted by Crippen LogP contribution is 2.23. The van der Waals surface area contributed by atoms with Crippen LogP contribution in [0.25, 0.3) is 0 Å². The van der Waals surface area contributed by atoms with Crippen LogP contribution in [0.5, 0.6) is 5.88 Å². The molecule has 3 heterocycles. The number of aromatic nitrogens is 3. The van der Waals surface area contributed by atoms with Gasteiger partial charge in [-0.15, -0.1) is 0 Å². The number of morpholine rings is 1. The molecule has 3 rings (SSSR count). The van der Waals surface area contributed by atoms with E-state index in [2.05, 4.69) is 15.0 Å². The molecule has 0 aromatic carbocycles. The van der Waals surface area contributed by atoms with Gasteiger partial charge < -0.3 is 14.4 Å². The third-order valence-electron chi connectivity index (χ3n) is 4.32. The largest absolute Gasteiger partial charge is 0.475 e. The minimum Gasteiger partial charge on any atom is -0.475 e. The molecular weight excluding hydrogens is 422 g/mol. The number of hydrogen-bond acceptors (Lipinski definition) is 6. The Morgan fingerprint density at radius 2 is 2.07 bits per heavy atom. The van der Waals surface area contributed by atoms with E-state index in [1.54, 1.807) is 6.07 Å². The van der Waals surface area contributed by atoms with Crippen LogP contribution in [0, 0.1) is 12.7 Å². The predicted molar refractivity (Wildman–Crippen MR) is 106 cm³/mol. The Labute approximate surface area is 178 Å². The number of halogens is 3. The highest BCUT2D eigenvalue weighted by Gasteiger charge is 2.28. The number of rotatable bonds is 5. The summed E-state index contributed by atoms with van der Waals surface area (Å²) < 4.78 is 25.2. The van der Waals surface area contributed by atoms with E-state index in [-0.39, 0.29) is 41.0 Å². The number of hydrogen-bond donors (Lipinski definition) is 0. The van der Waals surface area contributed by atoms with Crippen LogP contribution in [-0.2, 0) is 4.74 Å². The predicted octanol–water partition coefficient (Wildman–Crippen LogP) is 3.67. The Bertz CT molecular complexity index is 913. The first-order valence-corrected chi connectivity index (χ1v) is 9.91. The van der Waals surface area contributed by atoms with Crippen LogP contribution in [-0.4, -0.2) is 58.2 Å². The molecule has 1 saturated heterocycles. The summed E-state index contributed by atoms with van der Waals surface area (Å²) >= 11 is 11.6. The Morgan fingerprint density at radius 1 is 1.31 bits per heavy atom. The average Bonchev–Trinajstić information content (AvgIpc) is 2.68. The Balaban J connectivity index is 1.65. The maximum atomic E-state index is 13.7. The van der Waals surface area contributed by atoms with Gasteiger partial charge in [-0.3, -0.25) is 4.79 Å². The van der Waals surface area contributed by atoms with Gasteiger partial charge in [0.15, 0.2) is 11.0 Å². The fraction of sp³-hybridized carbons (Fsp3) is 0.474. The number of amides is 1. The normalized spacial score (nSPS) is 16.9. The number of pyridine rings is 1. The maximum Gasteiger partial charge on any atom is 0.257 e. The smallest absolute Gasteiger partial charge is 0.257 e. The van der Waals surface area contributed by atoms with Gasteiger partial charge in [-0.2, -0.15) is 4.98 Å². The van der Waals surface area contributed by atoms with E-state index in [0.29, 0.717) is 24.9 Å². The van der Waals surface area contributed by atoms with E-state index >= 15 is 0 Å². The molecule has 1 atom stereocenters. The minimum absolute atomic E-state index is 0.0388. The molecule has 1 fully saturated rings. The van der Waals surface area contributed by atoms with Gasteiger partial charge in [-0.05, 0) is 13.0 Å². The summed E-state index contributed by atoms with van der Waals surface area (Å²) in [4.78, 5) is 26.7. The second-order valence-corrected chi connectivity index (χ2v) is 7.73. The van der Waals surface area contributed by atoms with Crippen LogP contribution in [0.3, 0.4) is 0 Å². The summed E-state index contributed by atoms with van der Waals surface area (Å²) in [5.41, 5.74) is 0.773. The molecule has 0 radical (unpaired) electrons. The quantitative estimate of drug-likeness (QED) is 0.657. The van der Waals surface area contributed by atoms with Gasteiger partial charge in [0.05, 0.1) is 18.7 Å². The standard InChI is InChI=1S/C19H21Cl2FN4O3/c1-10(2)18-23-11(3)6-15(24-18)29-9-12-8-26(4-5-28-12)19(27)13-7-14(22)17(21)25-16(13)20/h6-7,10,12H,4-5,8-9H2,1-3H3. The highest BCUT2D eigenvalue weighted by molar-refractivity contribution is 6.34. The zero-order chi connectivity index (χ0) is 21.1. The maximum absolute atomic E-state index is 13.7. The van der Waals surface area contributed by atoms with Crippen LogP contribution in [0.4, 0.5) is 4.39 Å². The van der Waals surface area contributed by atoms with E-state index in [0.717, 1.165) is 11.8 Å². The van der Waals surface area contributed by atoms with Crippen molar-refractivity contribution in [1.82, 2.24) is 19.9 Å². The fourth-order valence-electron chi connectivity index (χ4n) is 2.84. The van der Waals surface area contributed by atoms with Crippen molar-refractivity contribution in [3.8, 4) is 5.88 Å². The first-order valence-electron chi connectivity index (χ1n) is 9.15. The Morgan fingerprint density at radius 3 is 2.79 bits per heavy atom. The molecule has 2 aromatic rings. The summed E-state index contributed by atoms with van der Waals surface area (Å²) in [6.45, 7) is 7.03. The van der Waals surface area contributed by atoms with E-state index < -0.39 is 11.7 Å². The summed E-state index contributed by atoms with van der Waals surface area (Å²) in [6.07, 6.45) is -0.366. The summed E-state index contributed by atoms with van der Waals surface area (Å²) in [5, 5.41) is -0.515. The molecule has 0 aliphatic carbocycles. The van der Waals surface area contributed by atoms with Crippen molar-refractivity contribution in [2.24, 2.45) is 0 Å². The molecule has 0 bridgehead atoms. The van der Waals surface area contributed by atoms with Gasteiger partial charge in [0.2, 0.25) is 5.88 Å². The molecular formula is C19H21Cl2FN4O3. The fourth-order valence-corrected chi connectivity index (χ4v) is 3.25. The topological polar surface area (TPSA) is 77.4 Å². The van der Waals surface area contributed by atoms with Gasteiger partial charge in [-0.25, -0.2) is 14.4 Å². The molecule has 1 aliphatic heterocycles. The van der Waals surface area contributed by atoms with E-state index in [9.17, 15) is 9.18 Å². The zero-order valence-corrected chi connectivity index (χ0v) is 17.8. The summed E-state index contributed by atoms with van der Waals surface area (Å²) in [5.74, 6) is 0.0990. The third-order valence-corrected chi connectivity index (χ3v) is 4.88. The van der Waals surface area contributed by atoms with Crippen LogP contribution < -0.4 is 4.74 Å². The molecule has 7 nitrogen and oxygen atoms in total. The van der Waals surface area contributed by atoms with Crippen molar-refractivity contribution >= 4 is 29.1 Å². The van der Waals surface area contributed by atoms with Crippen LogP contribution in [0.1, 0.15) is 41.6 Å². The average molecular weight is 443 g/mol. The van der Waals surface area contributed by atoms with Crippen molar-refractivity contribution in [3.63, 3.8) is 0 Å². The molecule has 0 spiro atoms. The van der Waals surface area contributed by atoms with Crippen molar-refractivity contribution < 1.29 is 18.7 Å². The van der Waals surface area contributed by atoms with Crippen LogP contribution in [0.15, 0.2) is 12.1 Å². The Hall–Kier alpha value is -2.03. The first-order chi connectivity index (χ1) is 13.7. The lowest BCUT2D eigenvalue weighted by Crippen LogP contribution is -2.47. The van der Waals surface area contributed by atoms with Gasteiger partial charge >= 0.3 is 0 Å². The second-order valence-electron chi connectivity index (χ2n) is 7.01. The number of aryl methyl sites for hydroxylation is 1. The first kappa shape index (κ1) is 21.7. The molecule has 0 N–H and O–H groups in total. The number of carbonyl (C=O) groups is 1. The molecule has 1 amide bonds. The molecule has 1 unspecified atom stereocenters. The lowest BCUT2D eigenvalue weighted by atomic mass is 10.2. The number of ether oxygens (including phenoxy) is 2. The molecule has 156 valence electrons. The number of carbonyl (C=O) groups excluding carboxylic acids is 1. The van der Waals surface area contributed by atoms with Crippen LogP contribution >= 0.6 is 23.2 Å². The van der Waals surface area contributed by atoms with E-state index in [1.807, 2.05) is 20.8 Å². The number of nitrogens with zero attached hydrogens (tertiary/aromatic N) is 4. The van der Waals surface area contributed by atoms with Gasteiger partial charge in [-0.1, -0.05) is 37.0 Å².